The van der Waals surface area contributed by atoms with Gasteiger partial charge >= 0.3 is 0 Å². The number of aliphatic hydroxyl groups is 1. The number of carbonyl (C=O) groups excluding carboxylic acids is 1. The standard InChI is InChI=1S/C11H15N5O2/c1-3-8(17)4-12-10(18)9-5-13-11-14-6-15-16(11)7(9)2/h5-6,8,17H,3-4H2,1-2H3,(H,12,18). The van der Waals surface area contributed by atoms with Crippen LogP contribution >= 0.6 is 0 Å². The highest BCUT2D eigenvalue weighted by Crippen LogP contribution is 2.07. The van der Waals surface area contributed by atoms with E-state index in [1.54, 1.807) is 6.92 Å². The SMILES string of the molecule is CCC(O)CNC(=O)c1cnc2ncnn2c1C. The Bertz CT molecular complexity index is 566. The zero-order chi connectivity index (χ0) is 13.1. The van der Waals surface area contributed by atoms with Crippen molar-refractivity contribution in [3.05, 3.63) is 23.8 Å². The Hall–Kier alpha value is -2.02. The first-order valence-corrected chi connectivity index (χ1v) is 5.75. The van der Waals surface area contributed by atoms with Gasteiger partial charge in [-0.15, -0.1) is 0 Å². The molecule has 0 aliphatic rings. The van der Waals surface area contributed by atoms with E-state index in [1.807, 2.05) is 6.92 Å². The molecule has 2 aromatic heterocycles. The fourth-order valence-electron chi connectivity index (χ4n) is 1.56. The topological polar surface area (TPSA) is 92.4 Å². The number of aryl methyl sites for hydroxylation is 1. The summed E-state index contributed by atoms with van der Waals surface area (Å²) in [5.74, 6) is 0.183. The smallest absolute Gasteiger partial charge is 0.254 e. The molecule has 18 heavy (non-hydrogen) atoms. The molecule has 1 atom stereocenters. The van der Waals surface area contributed by atoms with Gasteiger partial charge < -0.3 is 10.4 Å². The Kier molecular flexibility index (Phi) is 3.52. The average molecular weight is 249 g/mol. The van der Waals surface area contributed by atoms with E-state index in [-0.39, 0.29) is 12.5 Å². The molecule has 7 heteroatoms. The number of carbonyl (C=O) groups is 1. The van der Waals surface area contributed by atoms with Crippen LogP contribution in [0.1, 0.15) is 29.4 Å². The lowest BCUT2D eigenvalue weighted by Gasteiger charge is -2.10. The normalized spacial score (nSPS) is 12.6. The number of aliphatic hydroxyl groups excluding tert-OH is 1. The molecule has 0 aromatic carbocycles. The van der Waals surface area contributed by atoms with Crippen molar-refractivity contribution < 1.29 is 9.90 Å². The number of hydrogen-bond acceptors (Lipinski definition) is 5. The van der Waals surface area contributed by atoms with Crippen molar-refractivity contribution in [1.29, 1.82) is 0 Å². The van der Waals surface area contributed by atoms with Crippen LogP contribution in [-0.2, 0) is 0 Å². The predicted octanol–water partition coefficient (Wildman–Crippen LogP) is -0.0666. The maximum Gasteiger partial charge on any atom is 0.254 e. The predicted molar refractivity (Wildman–Crippen MR) is 64.2 cm³/mol. The number of rotatable bonds is 4. The summed E-state index contributed by atoms with van der Waals surface area (Å²) in [6.45, 7) is 3.85. The average Bonchev–Trinajstić information content (AvgIpc) is 2.85. The molecule has 1 unspecified atom stereocenters. The number of aromatic nitrogens is 4. The Balaban J connectivity index is 2.20. The number of fused-ring (bicyclic) bond motifs is 1. The second-order valence-electron chi connectivity index (χ2n) is 4.00. The quantitative estimate of drug-likeness (QED) is 0.791. The third-order valence-electron chi connectivity index (χ3n) is 2.76. The highest BCUT2D eigenvalue weighted by atomic mass is 16.3. The second kappa shape index (κ2) is 5.09. The van der Waals surface area contributed by atoms with Crippen molar-refractivity contribution in [2.45, 2.75) is 26.4 Å². The zero-order valence-electron chi connectivity index (χ0n) is 10.3. The van der Waals surface area contributed by atoms with Crippen molar-refractivity contribution in [1.82, 2.24) is 24.9 Å². The summed E-state index contributed by atoms with van der Waals surface area (Å²) in [5, 5.41) is 16.0. The molecule has 2 aromatic rings. The molecule has 0 aliphatic heterocycles. The minimum atomic E-state index is -0.530. The number of amides is 1. The summed E-state index contributed by atoms with van der Waals surface area (Å²) in [5.41, 5.74) is 1.09. The third-order valence-corrected chi connectivity index (χ3v) is 2.76. The molecule has 0 saturated carbocycles. The van der Waals surface area contributed by atoms with Gasteiger partial charge in [-0.05, 0) is 13.3 Å². The molecular formula is C11H15N5O2. The van der Waals surface area contributed by atoms with E-state index in [0.717, 1.165) is 0 Å². The van der Waals surface area contributed by atoms with Crippen molar-refractivity contribution in [2.24, 2.45) is 0 Å². The van der Waals surface area contributed by atoms with Crippen LogP contribution in [0.4, 0.5) is 0 Å². The highest BCUT2D eigenvalue weighted by Gasteiger charge is 2.14. The molecule has 96 valence electrons. The van der Waals surface area contributed by atoms with E-state index in [0.29, 0.717) is 23.5 Å². The molecule has 0 saturated heterocycles. The summed E-state index contributed by atoms with van der Waals surface area (Å²) < 4.78 is 1.51. The fourth-order valence-corrected chi connectivity index (χ4v) is 1.56. The molecule has 0 aliphatic carbocycles. The lowest BCUT2D eigenvalue weighted by Crippen LogP contribution is -2.32. The number of nitrogens with one attached hydrogen (secondary N) is 1. The van der Waals surface area contributed by atoms with Gasteiger partial charge in [0.1, 0.15) is 6.33 Å². The van der Waals surface area contributed by atoms with E-state index >= 15 is 0 Å². The minimum Gasteiger partial charge on any atom is -0.391 e. The first-order valence-electron chi connectivity index (χ1n) is 5.75. The lowest BCUT2D eigenvalue weighted by molar-refractivity contribution is 0.0912. The second-order valence-corrected chi connectivity index (χ2v) is 4.00. The number of hydrogen-bond donors (Lipinski definition) is 2. The molecule has 2 N–H and O–H groups in total. The maximum atomic E-state index is 11.9. The Labute approximate surface area is 104 Å². The van der Waals surface area contributed by atoms with Gasteiger partial charge in [0.25, 0.3) is 11.7 Å². The van der Waals surface area contributed by atoms with E-state index in [1.165, 1.54) is 17.0 Å². The number of nitrogens with zero attached hydrogens (tertiary/aromatic N) is 4. The van der Waals surface area contributed by atoms with Crippen molar-refractivity contribution in [3.63, 3.8) is 0 Å². The van der Waals surface area contributed by atoms with E-state index < -0.39 is 6.10 Å². The Morgan fingerprint density at radius 2 is 2.33 bits per heavy atom. The van der Waals surface area contributed by atoms with Crippen LogP contribution in [0.2, 0.25) is 0 Å². The molecular weight excluding hydrogens is 234 g/mol. The van der Waals surface area contributed by atoms with Crippen LogP contribution in [-0.4, -0.2) is 43.2 Å². The summed E-state index contributed by atoms with van der Waals surface area (Å²) in [4.78, 5) is 19.9. The van der Waals surface area contributed by atoms with Crippen molar-refractivity contribution >= 4 is 11.7 Å². The zero-order valence-corrected chi connectivity index (χ0v) is 10.3. The summed E-state index contributed by atoms with van der Waals surface area (Å²) in [6, 6.07) is 0. The molecule has 2 heterocycles. The van der Waals surface area contributed by atoms with E-state index in [4.69, 9.17) is 0 Å². The fraction of sp³-hybridized carbons (Fsp3) is 0.455. The van der Waals surface area contributed by atoms with E-state index in [2.05, 4.69) is 20.4 Å². The molecule has 0 fully saturated rings. The molecule has 0 spiro atoms. The molecule has 2 rings (SSSR count). The first kappa shape index (κ1) is 12.4. The summed E-state index contributed by atoms with van der Waals surface area (Å²) in [6.07, 6.45) is 2.92. The van der Waals surface area contributed by atoms with Gasteiger partial charge in [0.2, 0.25) is 0 Å². The molecule has 7 nitrogen and oxygen atoms in total. The Morgan fingerprint density at radius 1 is 1.56 bits per heavy atom. The maximum absolute atomic E-state index is 11.9. The van der Waals surface area contributed by atoms with E-state index in [9.17, 15) is 9.90 Å². The van der Waals surface area contributed by atoms with Gasteiger partial charge in [-0.3, -0.25) is 4.79 Å². The van der Waals surface area contributed by atoms with Crippen molar-refractivity contribution in [3.8, 4) is 0 Å². The molecule has 0 bridgehead atoms. The van der Waals surface area contributed by atoms with Crippen LogP contribution < -0.4 is 5.32 Å². The van der Waals surface area contributed by atoms with Gasteiger partial charge in [-0.25, -0.2) is 9.50 Å². The molecule has 1 amide bonds. The third kappa shape index (κ3) is 2.30. The van der Waals surface area contributed by atoms with Gasteiger partial charge in [0.15, 0.2) is 0 Å². The van der Waals surface area contributed by atoms with Crippen LogP contribution in [0.15, 0.2) is 12.5 Å². The van der Waals surface area contributed by atoms with Gasteiger partial charge in [-0.2, -0.15) is 10.1 Å². The van der Waals surface area contributed by atoms with Gasteiger partial charge in [-0.1, -0.05) is 6.92 Å². The van der Waals surface area contributed by atoms with Crippen LogP contribution in [0.3, 0.4) is 0 Å². The van der Waals surface area contributed by atoms with Crippen LogP contribution in [0.5, 0.6) is 0 Å². The summed E-state index contributed by atoms with van der Waals surface area (Å²) >= 11 is 0. The van der Waals surface area contributed by atoms with Crippen LogP contribution in [0.25, 0.3) is 5.78 Å². The monoisotopic (exact) mass is 249 g/mol. The van der Waals surface area contributed by atoms with Crippen LogP contribution in [0, 0.1) is 6.92 Å². The lowest BCUT2D eigenvalue weighted by atomic mass is 10.2. The van der Waals surface area contributed by atoms with Crippen molar-refractivity contribution in [2.75, 3.05) is 6.54 Å². The van der Waals surface area contributed by atoms with Gasteiger partial charge in [0.05, 0.1) is 17.4 Å². The highest BCUT2D eigenvalue weighted by molar-refractivity contribution is 5.95. The largest absolute Gasteiger partial charge is 0.391 e. The Morgan fingerprint density at radius 3 is 3.06 bits per heavy atom. The minimum absolute atomic E-state index is 0.226. The molecule has 0 radical (unpaired) electrons. The van der Waals surface area contributed by atoms with Gasteiger partial charge in [0, 0.05) is 12.7 Å². The summed E-state index contributed by atoms with van der Waals surface area (Å²) in [7, 11) is 0. The first-order chi connectivity index (χ1) is 8.63.